The fourth-order valence-corrected chi connectivity index (χ4v) is 5.87. The average Bonchev–Trinajstić information content (AvgIpc) is 3.38. The largest absolute Gasteiger partial charge is 0.383 e. The molecule has 28 heavy (non-hydrogen) atoms. The summed E-state index contributed by atoms with van der Waals surface area (Å²) < 4.78 is 2.34. The van der Waals surface area contributed by atoms with E-state index in [-0.39, 0.29) is 0 Å². The molecule has 3 aromatic heterocycles. The molecular weight excluding hydrogens is 348 g/mol. The normalized spacial score (nSPS) is 26.4. The van der Waals surface area contributed by atoms with E-state index in [9.17, 15) is 5.11 Å². The van der Waals surface area contributed by atoms with Crippen LogP contribution in [-0.4, -0.2) is 37.6 Å². The Morgan fingerprint density at radius 3 is 3.11 bits per heavy atom. The second-order valence-corrected chi connectivity index (χ2v) is 8.84. The predicted molar refractivity (Wildman–Crippen MR) is 108 cm³/mol. The van der Waals surface area contributed by atoms with Crippen molar-refractivity contribution in [2.75, 3.05) is 13.1 Å². The van der Waals surface area contributed by atoms with Crippen molar-refractivity contribution in [2.45, 2.75) is 57.2 Å². The number of aromatic nitrogens is 3. The summed E-state index contributed by atoms with van der Waals surface area (Å²) in [6.07, 6.45) is 10.9. The van der Waals surface area contributed by atoms with Crippen molar-refractivity contribution in [3.63, 3.8) is 0 Å². The highest BCUT2D eigenvalue weighted by molar-refractivity contribution is 5.84. The number of hydrogen-bond donors (Lipinski definition) is 1. The molecule has 5 heteroatoms. The SMILES string of the molecule is Cc1cnc2c(c1)c1c(n2CC2(O)CCc3cnccc32)CCN2CCCC12. The second-order valence-electron chi connectivity index (χ2n) is 8.84. The Labute approximate surface area is 165 Å². The maximum absolute atomic E-state index is 11.6. The Morgan fingerprint density at radius 2 is 2.18 bits per heavy atom. The van der Waals surface area contributed by atoms with Crippen LogP contribution < -0.4 is 0 Å². The molecule has 6 rings (SSSR count). The summed E-state index contributed by atoms with van der Waals surface area (Å²) in [7, 11) is 0. The van der Waals surface area contributed by atoms with E-state index in [0.29, 0.717) is 12.6 Å². The highest BCUT2D eigenvalue weighted by Gasteiger charge is 2.41. The average molecular weight is 374 g/mol. The molecule has 5 nitrogen and oxygen atoms in total. The smallest absolute Gasteiger partial charge is 0.140 e. The fourth-order valence-electron chi connectivity index (χ4n) is 5.87. The van der Waals surface area contributed by atoms with E-state index >= 15 is 0 Å². The van der Waals surface area contributed by atoms with Crippen LogP contribution in [0.3, 0.4) is 0 Å². The van der Waals surface area contributed by atoms with E-state index in [1.807, 2.05) is 18.5 Å². The van der Waals surface area contributed by atoms with Gasteiger partial charge >= 0.3 is 0 Å². The van der Waals surface area contributed by atoms with Gasteiger partial charge in [-0.05, 0) is 73.5 Å². The van der Waals surface area contributed by atoms with Gasteiger partial charge in [-0.2, -0.15) is 0 Å². The predicted octanol–water partition coefficient (Wildman–Crippen LogP) is 3.27. The highest BCUT2D eigenvalue weighted by Crippen LogP contribution is 2.45. The first kappa shape index (κ1) is 16.7. The first-order valence-corrected chi connectivity index (χ1v) is 10.5. The summed E-state index contributed by atoms with van der Waals surface area (Å²) in [5.41, 5.74) is 6.51. The van der Waals surface area contributed by atoms with E-state index in [1.54, 1.807) is 6.20 Å². The molecule has 0 amide bonds. The van der Waals surface area contributed by atoms with Crippen molar-refractivity contribution in [1.29, 1.82) is 0 Å². The van der Waals surface area contributed by atoms with Crippen molar-refractivity contribution in [3.05, 3.63) is 58.7 Å². The van der Waals surface area contributed by atoms with Crippen LogP contribution >= 0.6 is 0 Å². The zero-order valence-electron chi connectivity index (χ0n) is 16.4. The summed E-state index contributed by atoms with van der Waals surface area (Å²) in [5, 5.41) is 12.9. The molecular formula is C23H26N4O. The Hall–Kier alpha value is -2.24. The molecule has 1 N–H and O–H groups in total. The molecule has 3 aliphatic rings. The standard InChI is InChI=1S/C23H26N4O/c1-15-11-17-21-19-3-2-9-26(19)10-6-20(21)27(22(17)25-12-15)14-23(28)7-4-16-13-24-8-5-18(16)23/h5,8,11-13,19,28H,2-4,6-7,9-10,14H2,1H3. The minimum Gasteiger partial charge on any atom is -0.383 e. The molecule has 1 saturated heterocycles. The zero-order chi connectivity index (χ0) is 18.9. The van der Waals surface area contributed by atoms with Crippen molar-refractivity contribution in [1.82, 2.24) is 19.4 Å². The molecule has 0 spiro atoms. The van der Waals surface area contributed by atoms with E-state index < -0.39 is 5.60 Å². The topological polar surface area (TPSA) is 54.2 Å². The van der Waals surface area contributed by atoms with Gasteiger partial charge < -0.3 is 9.67 Å². The first-order chi connectivity index (χ1) is 13.6. The Bertz CT molecular complexity index is 1090. The minimum atomic E-state index is -0.836. The van der Waals surface area contributed by atoms with Gasteiger partial charge in [-0.15, -0.1) is 0 Å². The summed E-state index contributed by atoms with van der Waals surface area (Å²) in [4.78, 5) is 11.7. The Balaban J connectivity index is 1.53. The van der Waals surface area contributed by atoms with Crippen LogP contribution in [0.5, 0.6) is 0 Å². The van der Waals surface area contributed by atoms with Gasteiger partial charge in [-0.25, -0.2) is 4.98 Å². The molecule has 0 aromatic carbocycles. The maximum Gasteiger partial charge on any atom is 0.140 e. The van der Waals surface area contributed by atoms with Gasteiger partial charge in [-0.1, -0.05) is 0 Å². The van der Waals surface area contributed by atoms with Gasteiger partial charge in [0.2, 0.25) is 0 Å². The second kappa shape index (κ2) is 5.88. The number of aryl methyl sites for hydroxylation is 2. The third-order valence-corrected chi connectivity index (χ3v) is 7.15. The van der Waals surface area contributed by atoms with Crippen LogP contribution in [-0.2, 0) is 25.0 Å². The fraction of sp³-hybridized carbons (Fsp3) is 0.478. The van der Waals surface area contributed by atoms with Crippen LogP contribution in [0.25, 0.3) is 11.0 Å². The molecule has 3 aromatic rings. The summed E-state index contributed by atoms with van der Waals surface area (Å²) in [6.45, 7) is 5.03. The van der Waals surface area contributed by atoms with Crippen LogP contribution in [0.4, 0.5) is 0 Å². The molecule has 5 heterocycles. The number of pyridine rings is 2. The van der Waals surface area contributed by atoms with E-state index in [2.05, 4.69) is 27.4 Å². The van der Waals surface area contributed by atoms with Crippen molar-refractivity contribution < 1.29 is 5.11 Å². The zero-order valence-corrected chi connectivity index (χ0v) is 16.4. The van der Waals surface area contributed by atoms with Crippen molar-refractivity contribution in [3.8, 4) is 0 Å². The maximum atomic E-state index is 11.6. The van der Waals surface area contributed by atoms with Crippen LogP contribution in [0.2, 0.25) is 0 Å². The van der Waals surface area contributed by atoms with Gasteiger partial charge in [0.1, 0.15) is 11.2 Å². The van der Waals surface area contributed by atoms with Gasteiger partial charge in [0, 0.05) is 48.7 Å². The van der Waals surface area contributed by atoms with Gasteiger partial charge in [0.25, 0.3) is 0 Å². The summed E-state index contributed by atoms with van der Waals surface area (Å²) in [5.74, 6) is 0. The molecule has 0 radical (unpaired) electrons. The Kier molecular flexibility index (Phi) is 3.50. The lowest BCUT2D eigenvalue weighted by molar-refractivity contribution is 0.0203. The third kappa shape index (κ3) is 2.26. The number of nitrogens with zero attached hydrogens (tertiary/aromatic N) is 4. The molecule has 2 aliphatic heterocycles. The lowest BCUT2D eigenvalue weighted by Crippen LogP contribution is -2.34. The lowest BCUT2D eigenvalue weighted by atomic mass is 9.95. The molecule has 0 bridgehead atoms. The van der Waals surface area contributed by atoms with Gasteiger partial charge in [-0.3, -0.25) is 9.88 Å². The first-order valence-electron chi connectivity index (χ1n) is 10.5. The van der Waals surface area contributed by atoms with E-state index in [0.717, 1.165) is 37.0 Å². The quantitative estimate of drug-likeness (QED) is 0.748. The Morgan fingerprint density at radius 1 is 1.25 bits per heavy atom. The van der Waals surface area contributed by atoms with Gasteiger partial charge in [0.05, 0.1) is 6.54 Å². The molecule has 2 atom stereocenters. The molecule has 0 saturated carbocycles. The molecule has 2 unspecified atom stereocenters. The van der Waals surface area contributed by atoms with Crippen LogP contribution in [0.15, 0.2) is 30.7 Å². The summed E-state index contributed by atoms with van der Waals surface area (Å²) in [6, 6.07) is 4.82. The van der Waals surface area contributed by atoms with E-state index in [4.69, 9.17) is 4.98 Å². The van der Waals surface area contributed by atoms with E-state index in [1.165, 1.54) is 47.2 Å². The minimum absolute atomic E-state index is 0.519. The van der Waals surface area contributed by atoms with Crippen LogP contribution in [0.1, 0.15) is 53.3 Å². The number of hydrogen-bond acceptors (Lipinski definition) is 4. The van der Waals surface area contributed by atoms with Crippen molar-refractivity contribution in [2.24, 2.45) is 0 Å². The van der Waals surface area contributed by atoms with Crippen LogP contribution in [0, 0.1) is 6.92 Å². The molecule has 1 aliphatic carbocycles. The van der Waals surface area contributed by atoms with Gasteiger partial charge in [0.15, 0.2) is 0 Å². The number of fused-ring (bicyclic) bond motifs is 6. The highest BCUT2D eigenvalue weighted by atomic mass is 16.3. The molecule has 1 fully saturated rings. The third-order valence-electron chi connectivity index (χ3n) is 7.15. The number of aliphatic hydroxyl groups is 1. The monoisotopic (exact) mass is 374 g/mol. The van der Waals surface area contributed by atoms with Crippen molar-refractivity contribution >= 4 is 11.0 Å². The molecule has 144 valence electrons. The number of rotatable bonds is 2. The summed E-state index contributed by atoms with van der Waals surface area (Å²) >= 11 is 0. The lowest BCUT2D eigenvalue weighted by Gasteiger charge is -2.32.